The van der Waals surface area contributed by atoms with E-state index in [1.165, 1.54) is 24.8 Å². The molecule has 2 rings (SSSR count). The standard InChI is InChI=1S/C17H26BrNO2/c1-4-19-15(9-12-7-8-12)13-10-16(20-5-2)17(21-6-3)11-14(13)18/h10-12,15,19H,4-9H2,1-3H3. The van der Waals surface area contributed by atoms with Gasteiger partial charge in [-0.05, 0) is 50.4 Å². The van der Waals surface area contributed by atoms with Crippen molar-refractivity contribution in [1.29, 1.82) is 0 Å². The highest BCUT2D eigenvalue weighted by atomic mass is 79.9. The van der Waals surface area contributed by atoms with E-state index in [9.17, 15) is 0 Å². The first-order valence-electron chi connectivity index (χ1n) is 8.01. The van der Waals surface area contributed by atoms with Crippen LogP contribution in [0.15, 0.2) is 16.6 Å². The molecule has 1 aromatic rings. The normalized spacial score (nSPS) is 15.8. The van der Waals surface area contributed by atoms with E-state index in [0.717, 1.165) is 28.4 Å². The first-order chi connectivity index (χ1) is 10.2. The van der Waals surface area contributed by atoms with Gasteiger partial charge in [-0.25, -0.2) is 0 Å². The van der Waals surface area contributed by atoms with Crippen molar-refractivity contribution in [2.24, 2.45) is 5.92 Å². The van der Waals surface area contributed by atoms with E-state index in [0.29, 0.717) is 19.3 Å². The summed E-state index contributed by atoms with van der Waals surface area (Å²) in [5.41, 5.74) is 1.27. The van der Waals surface area contributed by atoms with Gasteiger partial charge in [0.1, 0.15) is 0 Å². The molecule has 1 N–H and O–H groups in total. The lowest BCUT2D eigenvalue weighted by atomic mass is 10.0. The molecule has 1 fully saturated rings. The smallest absolute Gasteiger partial charge is 0.162 e. The second kappa shape index (κ2) is 8.04. The number of rotatable bonds is 9. The van der Waals surface area contributed by atoms with Crippen LogP contribution >= 0.6 is 15.9 Å². The Morgan fingerprint density at radius 2 is 1.76 bits per heavy atom. The van der Waals surface area contributed by atoms with Crippen LogP contribution in [-0.2, 0) is 0 Å². The summed E-state index contributed by atoms with van der Waals surface area (Å²) in [5, 5.41) is 3.61. The molecule has 1 unspecified atom stereocenters. The molecular weight excluding hydrogens is 330 g/mol. The van der Waals surface area contributed by atoms with Gasteiger partial charge in [-0.15, -0.1) is 0 Å². The molecule has 0 spiro atoms. The largest absolute Gasteiger partial charge is 0.490 e. The average Bonchev–Trinajstić information content (AvgIpc) is 3.26. The average molecular weight is 356 g/mol. The van der Waals surface area contributed by atoms with E-state index in [-0.39, 0.29) is 0 Å². The molecule has 3 nitrogen and oxygen atoms in total. The molecule has 1 aromatic carbocycles. The SMILES string of the molecule is CCNC(CC1CC1)c1cc(OCC)c(OCC)cc1Br. The Morgan fingerprint density at radius 1 is 1.14 bits per heavy atom. The van der Waals surface area contributed by atoms with Crippen LogP contribution < -0.4 is 14.8 Å². The maximum absolute atomic E-state index is 5.76. The number of hydrogen-bond acceptors (Lipinski definition) is 3. The second-order valence-corrected chi connectivity index (χ2v) is 6.33. The first kappa shape index (κ1) is 16.6. The molecule has 0 saturated heterocycles. The topological polar surface area (TPSA) is 30.5 Å². The van der Waals surface area contributed by atoms with Crippen LogP contribution in [0.1, 0.15) is 51.6 Å². The third kappa shape index (κ3) is 4.62. The van der Waals surface area contributed by atoms with Gasteiger partial charge in [-0.1, -0.05) is 35.7 Å². The van der Waals surface area contributed by atoms with Gasteiger partial charge in [0.05, 0.1) is 13.2 Å². The summed E-state index contributed by atoms with van der Waals surface area (Å²) in [6.45, 7) is 8.42. The van der Waals surface area contributed by atoms with Crippen LogP contribution in [0.25, 0.3) is 0 Å². The Kier molecular flexibility index (Phi) is 6.37. The highest BCUT2D eigenvalue weighted by Gasteiger charge is 2.27. The predicted octanol–water partition coefficient (Wildman–Crippen LogP) is 4.70. The quantitative estimate of drug-likeness (QED) is 0.696. The molecule has 1 aliphatic carbocycles. The van der Waals surface area contributed by atoms with E-state index < -0.39 is 0 Å². The zero-order valence-corrected chi connectivity index (χ0v) is 14.8. The van der Waals surface area contributed by atoms with Crippen LogP contribution in [0.4, 0.5) is 0 Å². The molecule has 21 heavy (non-hydrogen) atoms. The maximum Gasteiger partial charge on any atom is 0.162 e. The van der Waals surface area contributed by atoms with Crippen LogP contribution in [0.5, 0.6) is 11.5 Å². The fourth-order valence-electron chi connectivity index (χ4n) is 2.61. The van der Waals surface area contributed by atoms with E-state index >= 15 is 0 Å². The summed E-state index contributed by atoms with van der Waals surface area (Å²) in [7, 11) is 0. The predicted molar refractivity (Wildman–Crippen MR) is 90.2 cm³/mol. The Hall–Kier alpha value is -0.740. The number of halogens is 1. The van der Waals surface area contributed by atoms with Crippen LogP contribution in [0.3, 0.4) is 0 Å². The number of benzene rings is 1. The van der Waals surface area contributed by atoms with Gasteiger partial charge in [0.2, 0.25) is 0 Å². The van der Waals surface area contributed by atoms with Crippen molar-refractivity contribution >= 4 is 15.9 Å². The van der Waals surface area contributed by atoms with Gasteiger partial charge in [0.25, 0.3) is 0 Å². The zero-order chi connectivity index (χ0) is 15.2. The highest BCUT2D eigenvalue weighted by molar-refractivity contribution is 9.10. The molecule has 1 aliphatic rings. The minimum atomic E-state index is 0.381. The first-order valence-corrected chi connectivity index (χ1v) is 8.81. The second-order valence-electron chi connectivity index (χ2n) is 5.48. The number of nitrogens with one attached hydrogen (secondary N) is 1. The number of ether oxygens (including phenoxy) is 2. The van der Waals surface area contributed by atoms with Crippen LogP contribution in [0, 0.1) is 5.92 Å². The fraction of sp³-hybridized carbons (Fsp3) is 0.647. The lowest BCUT2D eigenvalue weighted by Gasteiger charge is -2.22. The van der Waals surface area contributed by atoms with Crippen molar-refractivity contribution in [2.45, 2.75) is 46.1 Å². The fourth-order valence-corrected chi connectivity index (χ4v) is 3.21. The molecule has 0 radical (unpaired) electrons. The Morgan fingerprint density at radius 3 is 2.29 bits per heavy atom. The van der Waals surface area contributed by atoms with Crippen molar-refractivity contribution in [2.75, 3.05) is 19.8 Å². The molecular formula is C17H26BrNO2. The lowest BCUT2D eigenvalue weighted by Crippen LogP contribution is -2.22. The van der Waals surface area contributed by atoms with E-state index in [2.05, 4.69) is 34.2 Å². The Balaban J connectivity index is 2.28. The van der Waals surface area contributed by atoms with Gasteiger partial charge < -0.3 is 14.8 Å². The van der Waals surface area contributed by atoms with Crippen molar-refractivity contribution < 1.29 is 9.47 Å². The van der Waals surface area contributed by atoms with E-state index in [4.69, 9.17) is 9.47 Å². The van der Waals surface area contributed by atoms with Gasteiger partial charge in [-0.3, -0.25) is 0 Å². The van der Waals surface area contributed by atoms with Gasteiger partial charge in [-0.2, -0.15) is 0 Å². The molecule has 0 amide bonds. The van der Waals surface area contributed by atoms with Crippen molar-refractivity contribution in [3.63, 3.8) is 0 Å². The minimum Gasteiger partial charge on any atom is -0.490 e. The molecule has 1 atom stereocenters. The minimum absolute atomic E-state index is 0.381. The van der Waals surface area contributed by atoms with E-state index in [1.807, 2.05) is 19.9 Å². The van der Waals surface area contributed by atoms with Crippen LogP contribution in [0.2, 0.25) is 0 Å². The Bertz CT molecular complexity index is 460. The molecule has 118 valence electrons. The van der Waals surface area contributed by atoms with Crippen LogP contribution in [-0.4, -0.2) is 19.8 Å². The highest BCUT2D eigenvalue weighted by Crippen LogP contribution is 2.42. The van der Waals surface area contributed by atoms with Gasteiger partial charge in [0.15, 0.2) is 11.5 Å². The summed E-state index contributed by atoms with van der Waals surface area (Å²) in [4.78, 5) is 0. The summed E-state index contributed by atoms with van der Waals surface area (Å²) in [5.74, 6) is 2.54. The summed E-state index contributed by atoms with van der Waals surface area (Å²) in [6.07, 6.45) is 3.94. The molecule has 0 aromatic heterocycles. The van der Waals surface area contributed by atoms with Gasteiger partial charge >= 0.3 is 0 Å². The molecule has 1 saturated carbocycles. The maximum atomic E-state index is 5.76. The van der Waals surface area contributed by atoms with E-state index in [1.54, 1.807) is 0 Å². The summed E-state index contributed by atoms with van der Waals surface area (Å²) in [6, 6.07) is 4.56. The third-order valence-corrected chi connectivity index (χ3v) is 4.44. The molecule has 0 bridgehead atoms. The number of hydrogen-bond donors (Lipinski definition) is 1. The molecule has 0 heterocycles. The summed E-state index contributed by atoms with van der Waals surface area (Å²) < 4.78 is 12.5. The van der Waals surface area contributed by atoms with Crippen molar-refractivity contribution in [3.05, 3.63) is 22.2 Å². The lowest BCUT2D eigenvalue weighted by molar-refractivity contribution is 0.286. The van der Waals surface area contributed by atoms with Crippen molar-refractivity contribution in [1.82, 2.24) is 5.32 Å². The van der Waals surface area contributed by atoms with Crippen molar-refractivity contribution in [3.8, 4) is 11.5 Å². The zero-order valence-electron chi connectivity index (χ0n) is 13.2. The molecule has 0 aliphatic heterocycles. The monoisotopic (exact) mass is 355 g/mol. The van der Waals surface area contributed by atoms with Gasteiger partial charge in [0, 0.05) is 10.5 Å². The third-order valence-electron chi connectivity index (χ3n) is 3.75. The molecule has 4 heteroatoms. The Labute approximate surface area is 136 Å². The summed E-state index contributed by atoms with van der Waals surface area (Å²) >= 11 is 3.71.